The molecular weight excluding hydrogens is 1010 g/mol. The number of hydrogen-bond acceptors (Lipinski definition) is 5. The van der Waals surface area contributed by atoms with E-state index in [2.05, 4.69) is 31.3 Å². The van der Waals surface area contributed by atoms with Crippen molar-refractivity contribution >= 4 is 11.9 Å². The first kappa shape index (κ1) is 80.6. The molecule has 0 aliphatic heterocycles. The Bertz CT molecular complexity index is 1240. The number of hydrogen-bond donors (Lipinski definition) is 3. The Morgan fingerprint density at radius 3 is 0.866 bits per heavy atom. The summed E-state index contributed by atoms with van der Waals surface area (Å²) in [6.45, 7) is 5.00. The van der Waals surface area contributed by atoms with Gasteiger partial charge in [0.25, 0.3) is 0 Å². The van der Waals surface area contributed by atoms with Gasteiger partial charge in [0.1, 0.15) is 0 Å². The van der Waals surface area contributed by atoms with Gasteiger partial charge in [0.2, 0.25) is 5.91 Å². The lowest BCUT2D eigenvalue weighted by molar-refractivity contribution is -0.143. The van der Waals surface area contributed by atoms with Crippen LogP contribution in [0.4, 0.5) is 0 Å². The van der Waals surface area contributed by atoms with Crippen LogP contribution in [0.2, 0.25) is 0 Å². The number of aliphatic hydroxyl groups excluding tert-OH is 2. The highest BCUT2D eigenvalue weighted by Gasteiger charge is 2.20. The lowest BCUT2D eigenvalue weighted by atomic mass is 10.0. The molecule has 0 saturated heterocycles. The van der Waals surface area contributed by atoms with E-state index in [1.807, 2.05) is 0 Å². The second kappa shape index (κ2) is 72.1. The summed E-state index contributed by atoms with van der Waals surface area (Å²) in [5.74, 6) is -0.00442. The standard InChI is InChI=1S/C76H149NO5/c1-3-5-7-9-11-13-15-17-19-37-42-46-50-54-58-62-66-70-76(81)82-71-67-63-59-55-51-47-43-39-36-34-32-30-28-26-24-22-20-21-23-25-27-29-31-33-35-38-41-45-49-53-57-61-65-69-75(80)77-73(72-78)74(79)68-64-60-56-52-48-44-40-18-16-14-12-10-8-6-4-2/h24,26,73-74,78-79H,3-23,25,27-72H2,1-2H3,(H,77,80)/b26-24-. The third kappa shape index (κ3) is 67.7. The molecule has 0 radical (unpaired) electrons. The van der Waals surface area contributed by atoms with Gasteiger partial charge >= 0.3 is 5.97 Å². The van der Waals surface area contributed by atoms with Crippen LogP contribution in [0.25, 0.3) is 0 Å². The number of unbranched alkanes of at least 4 members (excludes halogenated alkanes) is 59. The number of carbonyl (C=O) groups excluding carboxylic acids is 2. The normalized spacial score (nSPS) is 12.5. The van der Waals surface area contributed by atoms with E-state index in [0.717, 1.165) is 38.5 Å². The van der Waals surface area contributed by atoms with Crippen LogP contribution in [0.3, 0.4) is 0 Å². The summed E-state index contributed by atoms with van der Waals surface area (Å²) in [4.78, 5) is 24.6. The van der Waals surface area contributed by atoms with Gasteiger partial charge in [-0.1, -0.05) is 386 Å². The molecule has 0 aliphatic rings. The molecule has 0 rings (SSSR count). The van der Waals surface area contributed by atoms with Crippen LogP contribution >= 0.6 is 0 Å². The molecule has 0 saturated carbocycles. The van der Waals surface area contributed by atoms with Crippen LogP contribution in [0.15, 0.2) is 12.2 Å². The molecule has 6 heteroatoms. The Balaban J connectivity index is 3.32. The number of ether oxygens (including phenoxy) is 1. The van der Waals surface area contributed by atoms with Gasteiger partial charge in [0.05, 0.1) is 25.4 Å². The Hall–Kier alpha value is -1.40. The Morgan fingerprint density at radius 1 is 0.329 bits per heavy atom. The smallest absolute Gasteiger partial charge is 0.305 e. The monoisotopic (exact) mass is 1160 g/mol. The summed E-state index contributed by atoms with van der Waals surface area (Å²) >= 11 is 0. The minimum absolute atomic E-state index is 0.0238. The fourth-order valence-electron chi connectivity index (χ4n) is 12.3. The van der Waals surface area contributed by atoms with E-state index in [1.54, 1.807) is 0 Å². The molecule has 2 atom stereocenters. The molecule has 0 fully saturated rings. The van der Waals surface area contributed by atoms with Gasteiger partial charge < -0.3 is 20.3 Å². The van der Waals surface area contributed by atoms with E-state index in [9.17, 15) is 19.8 Å². The molecule has 3 N–H and O–H groups in total. The highest BCUT2D eigenvalue weighted by Crippen LogP contribution is 2.20. The molecule has 0 aromatic rings. The summed E-state index contributed by atoms with van der Waals surface area (Å²) in [5.41, 5.74) is 0. The second-order valence-electron chi connectivity index (χ2n) is 26.3. The number of allylic oxidation sites excluding steroid dienone is 2. The molecule has 0 aromatic carbocycles. The number of esters is 1. The predicted octanol–water partition coefficient (Wildman–Crippen LogP) is 24.7. The van der Waals surface area contributed by atoms with Crippen LogP contribution in [-0.2, 0) is 14.3 Å². The fraction of sp³-hybridized carbons (Fsp3) is 0.947. The van der Waals surface area contributed by atoms with E-state index in [0.29, 0.717) is 25.9 Å². The maximum atomic E-state index is 12.5. The first-order valence-corrected chi connectivity index (χ1v) is 37.9. The zero-order chi connectivity index (χ0) is 59.2. The maximum absolute atomic E-state index is 12.5. The van der Waals surface area contributed by atoms with Gasteiger partial charge in [-0.15, -0.1) is 0 Å². The van der Waals surface area contributed by atoms with Crippen LogP contribution in [0.5, 0.6) is 0 Å². The summed E-state index contributed by atoms with van der Waals surface area (Å²) in [6, 6.07) is -0.538. The summed E-state index contributed by atoms with van der Waals surface area (Å²) in [7, 11) is 0. The molecule has 0 spiro atoms. The largest absolute Gasteiger partial charge is 0.466 e. The minimum atomic E-state index is -0.661. The molecule has 0 aromatic heterocycles. The van der Waals surface area contributed by atoms with Crippen LogP contribution in [0, 0.1) is 0 Å². The van der Waals surface area contributed by atoms with Crippen LogP contribution in [-0.4, -0.2) is 47.4 Å². The molecule has 2 unspecified atom stereocenters. The highest BCUT2D eigenvalue weighted by molar-refractivity contribution is 5.76. The Kier molecular flexibility index (Phi) is 70.8. The maximum Gasteiger partial charge on any atom is 0.305 e. The molecule has 0 bridgehead atoms. The van der Waals surface area contributed by atoms with Crippen LogP contribution in [0.1, 0.15) is 438 Å². The topological polar surface area (TPSA) is 95.9 Å². The van der Waals surface area contributed by atoms with Gasteiger partial charge in [-0.25, -0.2) is 0 Å². The van der Waals surface area contributed by atoms with Crippen molar-refractivity contribution in [2.45, 2.75) is 450 Å². The van der Waals surface area contributed by atoms with Gasteiger partial charge in [-0.3, -0.25) is 9.59 Å². The third-order valence-electron chi connectivity index (χ3n) is 18.1. The van der Waals surface area contributed by atoms with Crippen molar-refractivity contribution in [3.05, 3.63) is 12.2 Å². The number of aliphatic hydroxyl groups is 2. The van der Waals surface area contributed by atoms with Crippen LogP contribution < -0.4 is 5.32 Å². The van der Waals surface area contributed by atoms with E-state index in [4.69, 9.17) is 4.74 Å². The zero-order valence-corrected chi connectivity index (χ0v) is 56.0. The van der Waals surface area contributed by atoms with Crippen molar-refractivity contribution in [3.63, 3.8) is 0 Å². The number of nitrogens with one attached hydrogen (secondary N) is 1. The van der Waals surface area contributed by atoms with Gasteiger partial charge in [-0.2, -0.15) is 0 Å². The fourth-order valence-corrected chi connectivity index (χ4v) is 12.3. The highest BCUT2D eigenvalue weighted by atomic mass is 16.5. The number of amides is 1. The van der Waals surface area contributed by atoms with Crippen molar-refractivity contribution in [3.8, 4) is 0 Å². The van der Waals surface area contributed by atoms with Crippen molar-refractivity contribution < 1.29 is 24.5 Å². The van der Waals surface area contributed by atoms with E-state index >= 15 is 0 Å². The predicted molar refractivity (Wildman–Crippen MR) is 361 cm³/mol. The van der Waals surface area contributed by atoms with Gasteiger partial charge in [0, 0.05) is 12.8 Å². The molecule has 488 valence electrons. The molecule has 0 aliphatic carbocycles. The average Bonchev–Trinajstić information content (AvgIpc) is 3.48. The van der Waals surface area contributed by atoms with Crippen molar-refractivity contribution in [2.75, 3.05) is 13.2 Å². The molecule has 1 amide bonds. The van der Waals surface area contributed by atoms with E-state index in [1.165, 1.54) is 366 Å². The first-order valence-electron chi connectivity index (χ1n) is 37.9. The third-order valence-corrected chi connectivity index (χ3v) is 18.1. The first-order chi connectivity index (χ1) is 40.5. The SMILES string of the molecule is CCCCCCCCCCCCCCCCCCCC(=O)OCCCCCCCCCCCCCC/C=C\CCCCCCCCCCCCCCCCCCCC(=O)NC(CO)C(O)CCCCCCCCCCCCCCCCC. The van der Waals surface area contributed by atoms with E-state index in [-0.39, 0.29) is 18.5 Å². The quantitative estimate of drug-likeness (QED) is 0.0320. The zero-order valence-electron chi connectivity index (χ0n) is 56.0. The summed E-state index contributed by atoms with van der Waals surface area (Å²) in [6.07, 6.45) is 90.1. The lowest BCUT2D eigenvalue weighted by Gasteiger charge is -2.22. The molecular formula is C76H149NO5. The average molecular weight is 1160 g/mol. The van der Waals surface area contributed by atoms with Gasteiger partial charge in [-0.05, 0) is 51.4 Å². The minimum Gasteiger partial charge on any atom is -0.466 e. The Labute approximate surface area is 514 Å². The van der Waals surface area contributed by atoms with E-state index < -0.39 is 12.1 Å². The molecule has 82 heavy (non-hydrogen) atoms. The number of rotatable bonds is 72. The lowest BCUT2D eigenvalue weighted by Crippen LogP contribution is -2.45. The molecule has 6 nitrogen and oxygen atoms in total. The van der Waals surface area contributed by atoms with Crippen molar-refractivity contribution in [1.29, 1.82) is 0 Å². The van der Waals surface area contributed by atoms with Gasteiger partial charge in [0.15, 0.2) is 0 Å². The molecule has 0 heterocycles. The van der Waals surface area contributed by atoms with Crippen molar-refractivity contribution in [2.24, 2.45) is 0 Å². The number of carbonyl (C=O) groups is 2. The Morgan fingerprint density at radius 2 is 0.573 bits per heavy atom. The summed E-state index contributed by atoms with van der Waals surface area (Å²) < 4.78 is 5.51. The second-order valence-corrected chi connectivity index (χ2v) is 26.3. The summed E-state index contributed by atoms with van der Waals surface area (Å²) in [5, 5.41) is 23.3. The van der Waals surface area contributed by atoms with Crippen molar-refractivity contribution in [1.82, 2.24) is 5.32 Å².